The molecule has 2 aromatic rings. The van der Waals surface area contributed by atoms with Gasteiger partial charge in [0, 0.05) is 12.7 Å². The van der Waals surface area contributed by atoms with Gasteiger partial charge in [-0.25, -0.2) is 4.79 Å². The van der Waals surface area contributed by atoms with Crippen LogP contribution in [0.1, 0.15) is 28.8 Å². The van der Waals surface area contributed by atoms with Gasteiger partial charge in [0.25, 0.3) is 5.91 Å². The highest BCUT2D eigenvalue weighted by Gasteiger charge is 2.34. The maximum atomic E-state index is 12.5. The Morgan fingerprint density at radius 3 is 2.75 bits per heavy atom. The lowest BCUT2D eigenvalue weighted by molar-refractivity contribution is -0.141. The minimum absolute atomic E-state index is 0.277. The standard InChI is InChI=1S/C17H19N3O4/c1-24-14-6-4-12(5-7-14)10-19-11-13(9-18-19)16(21)20-8-2-3-15(20)17(22)23/h4-7,9,11,15H,2-3,8,10H2,1H3,(H,22,23)/t15-/m0/s1. The fraction of sp³-hybridized carbons (Fsp3) is 0.353. The first-order valence-electron chi connectivity index (χ1n) is 7.77. The molecule has 7 nitrogen and oxygen atoms in total. The summed E-state index contributed by atoms with van der Waals surface area (Å²) in [6, 6.07) is 6.87. The van der Waals surface area contributed by atoms with Gasteiger partial charge in [-0.15, -0.1) is 0 Å². The van der Waals surface area contributed by atoms with Gasteiger partial charge in [-0.3, -0.25) is 9.48 Å². The molecule has 126 valence electrons. The van der Waals surface area contributed by atoms with E-state index < -0.39 is 12.0 Å². The summed E-state index contributed by atoms with van der Waals surface area (Å²) in [5, 5.41) is 13.4. The number of rotatable bonds is 5. The van der Waals surface area contributed by atoms with Crippen LogP contribution in [0.5, 0.6) is 5.75 Å². The second-order valence-corrected chi connectivity index (χ2v) is 5.77. The molecule has 1 atom stereocenters. The molecule has 7 heteroatoms. The summed E-state index contributed by atoms with van der Waals surface area (Å²) in [5.74, 6) is -0.448. The Morgan fingerprint density at radius 2 is 2.08 bits per heavy atom. The van der Waals surface area contributed by atoms with E-state index in [0.29, 0.717) is 31.5 Å². The van der Waals surface area contributed by atoms with Crippen molar-refractivity contribution in [2.75, 3.05) is 13.7 Å². The van der Waals surface area contributed by atoms with Crippen molar-refractivity contribution in [3.8, 4) is 5.75 Å². The van der Waals surface area contributed by atoms with E-state index in [0.717, 1.165) is 11.3 Å². The first-order chi connectivity index (χ1) is 11.6. The predicted octanol–water partition coefficient (Wildman–Crippen LogP) is 1.63. The topological polar surface area (TPSA) is 84.7 Å². The Hall–Kier alpha value is -2.83. The average molecular weight is 329 g/mol. The third-order valence-electron chi connectivity index (χ3n) is 4.18. The maximum absolute atomic E-state index is 12.5. The molecule has 2 heterocycles. The Morgan fingerprint density at radius 1 is 1.33 bits per heavy atom. The van der Waals surface area contributed by atoms with Crippen molar-refractivity contribution in [2.45, 2.75) is 25.4 Å². The first kappa shape index (κ1) is 16.0. The Kier molecular flexibility index (Phi) is 4.50. The zero-order valence-electron chi connectivity index (χ0n) is 13.4. The largest absolute Gasteiger partial charge is 0.497 e. The quantitative estimate of drug-likeness (QED) is 0.901. The zero-order valence-corrected chi connectivity index (χ0v) is 13.4. The SMILES string of the molecule is COc1ccc(Cn2cc(C(=O)N3CCC[C@H]3C(=O)O)cn2)cc1. The van der Waals surface area contributed by atoms with Crippen molar-refractivity contribution in [1.82, 2.24) is 14.7 Å². The van der Waals surface area contributed by atoms with Crippen molar-refractivity contribution in [3.63, 3.8) is 0 Å². The number of hydrogen-bond donors (Lipinski definition) is 1. The third-order valence-corrected chi connectivity index (χ3v) is 4.18. The highest BCUT2D eigenvalue weighted by Crippen LogP contribution is 2.20. The molecule has 0 saturated carbocycles. The molecule has 0 aliphatic carbocycles. The van der Waals surface area contributed by atoms with E-state index in [-0.39, 0.29) is 5.91 Å². The minimum Gasteiger partial charge on any atom is -0.497 e. The van der Waals surface area contributed by atoms with Gasteiger partial charge >= 0.3 is 5.97 Å². The van der Waals surface area contributed by atoms with Crippen molar-refractivity contribution in [1.29, 1.82) is 0 Å². The van der Waals surface area contributed by atoms with Crippen LogP contribution < -0.4 is 4.74 Å². The molecule has 24 heavy (non-hydrogen) atoms. The number of aromatic nitrogens is 2. The summed E-state index contributed by atoms with van der Waals surface area (Å²) in [6.07, 6.45) is 4.36. The van der Waals surface area contributed by atoms with E-state index in [1.54, 1.807) is 18.0 Å². The molecule has 0 spiro atoms. The summed E-state index contributed by atoms with van der Waals surface area (Å²) in [7, 11) is 1.61. The molecule has 0 bridgehead atoms. The van der Waals surface area contributed by atoms with Gasteiger partial charge < -0.3 is 14.7 Å². The monoisotopic (exact) mass is 329 g/mol. The highest BCUT2D eigenvalue weighted by atomic mass is 16.5. The van der Waals surface area contributed by atoms with E-state index in [9.17, 15) is 14.7 Å². The van der Waals surface area contributed by atoms with E-state index in [4.69, 9.17) is 4.74 Å². The number of benzene rings is 1. The summed E-state index contributed by atoms with van der Waals surface area (Å²) in [6.45, 7) is 0.999. The van der Waals surface area contributed by atoms with E-state index in [2.05, 4.69) is 5.10 Å². The zero-order chi connectivity index (χ0) is 17.1. The van der Waals surface area contributed by atoms with Gasteiger partial charge in [0.15, 0.2) is 0 Å². The van der Waals surface area contributed by atoms with Crippen LogP contribution in [-0.2, 0) is 11.3 Å². The van der Waals surface area contributed by atoms with Crippen molar-refractivity contribution < 1.29 is 19.4 Å². The van der Waals surface area contributed by atoms with Crippen LogP contribution in [0.15, 0.2) is 36.7 Å². The van der Waals surface area contributed by atoms with E-state index in [1.807, 2.05) is 24.3 Å². The van der Waals surface area contributed by atoms with Gasteiger partial charge in [0.2, 0.25) is 0 Å². The summed E-state index contributed by atoms with van der Waals surface area (Å²) in [5.41, 5.74) is 1.44. The predicted molar refractivity (Wildman–Crippen MR) is 86.0 cm³/mol. The number of carbonyl (C=O) groups excluding carboxylic acids is 1. The van der Waals surface area contributed by atoms with Gasteiger partial charge in [0.1, 0.15) is 11.8 Å². The van der Waals surface area contributed by atoms with E-state index >= 15 is 0 Å². The summed E-state index contributed by atoms with van der Waals surface area (Å²) < 4.78 is 6.79. The molecule has 1 aromatic heterocycles. The van der Waals surface area contributed by atoms with Crippen LogP contribution in [0.4, 0.5) is 0 Å². The van der Waals surface area contributed by atoms with E-state index in [1.165, 1.54) is 11.1 Å². The molecular formula is C17H19N3O4. The molecule has 1 fully saturated rings. The van der Waals surface area contributed by atoms with Gasteiger partial charge in [-0.1, -0.05) is 12.1 Å². The van der Waals surface area contributed by atoms with Crippen molar-refractivity contribution in [3.05, 3.63) is 47.8 Å². The van der Waals surface area contributed by atoms with Crippen LogP contribution in [0.3, 0.4) is 0 Å². The summed E-state index contributed by atoms with van der Waals surface area (Å²) in [4.78, 5) is 25.1. The Labute approximate surface area is 139 Å². The second-order valence-electron chi connectivity index (χ2n) is 5.77. The normalized spacial score (nSPS) is 17.0. The number of amides is 1. The van der Waals surface area contributed by atoms with Crippen LogP contribution in [-0.4, -0.2) is 51.4 Å². The smallest absolute Gasteiger partial charge is 0.326 e. The highest BCUT2D eigenvalue weighted by molar-refractivity contribution is 5.96. The molecule has 1 amide bonds. The first-order valence-corrected chi connectivity index (χ1v) is 7.77. The molecule has 0 radical (unpaired) electrons. The van der Waals surface area contributed by atoms with Crippen LogP contribution >= 0.6 is 0 Å². The molecule has 1 aromatic carbocycles. The van der Waals surface area contributed by atoms with Gasteiger partial charge in [-0.2, -0.15) is 5.10 Å². The molecule has 3 rings (SSSR count). The average Bonchev–Trinajstić information content (AvgIpc) is 3.24. The lowest BCUT2D eigenvalue weighted by atomic mass is 10.2. The number of aliphatic carboxylic acids is 1. The fourth-order valence-electron chi connectivity index (χ4n) is 2.91. The lowest BCUT2D eigenvalue weighted by Crippen LogP contribution is -2.40. The molecule has 1 N–H and O–H groups in total. The summed E-state index contributed by atoms with van der Waals surface area (Å²) >= 11 is 0. The lowest BCUT2D eigenvalue weighted by Gasteiger charge is -2.20. The number of likely N-dealkylation sites (tertiary alicyclic amines) is 1. The molecule has 1 aliphatic rings. The van der Waals surface area contributed by atoms with Crippen molar-refractivity contribution in [2.24, 2.45) is 0 Å². The number of nitrogens with zero attached hydrogens (tertiary/aromatic N) is 3. The Bertz CT molecular complexity index is 739. The Balaban J connectivity index is 1.70. The molecule has 1 saturated heterocycles. The van der Waals surface area contributed by atoms with Crippen molar-refractivity contribution >= 4 is 11.9 Å². The number of hydrogen-bond acceptors (Lipinski definition) is 4. The minimum atomic E-state index is -0.952. The maximum Gasteiger partial charge on any atom is 0.326 e. The van der Waals surface area contributed by atoms with Crippen LogP contribution in [0.2, 0.25) is 0 Å². The fourth-order valence-corrected chi connectivity index (χ4v) is 2.91. The number of carbonyl (C=O) groups is 2. The number of ether oxygens (including phenoxy) is 1. The van der Waals surface area contributed by atoms with Gasteiger partial charge in [-0.05, 0) is 30.5 Å². The number of carboxylic acid groups (broad SMARTS) is 1. The van der Waals surface area contributed by atoms with Crippen LogP contribution in [0.25, 0.3) is 0 Å². The molecular weight excluding hydrogens is 310 g/mol. The molecule has 0 unspecified atom stereocenters. The van der Waals surface area contributed by atoms with Gasteiger partial charge in [0.05, 0.1) is 25.4 Å². The third kappa shape index (κ3) is 3.24. The second kappa shape index (κ2) is 6.74. The number of carboxylic acids is 1. The number of methoxy groups -OCH3 is 1. The van der Waals surface area contributed by atoms with Crippen LogP contribution in [0, 0.1) is 0 Å². The molecule has 1 aliphatic heterocycles.